The quantitative estimate of drug-likeness (QED) is 0.294. The highest BCUT2D eigenvalue weighted by atomic mass is 16.3. The number of hydrogen-bond donors (Lipinski definition) is 4. The minimum atomic E-state index is -0.407. The number of phenolic OH excluding ortho intramolecular Hbond substituents is 1. The summed E-state index contributed by atoms with van der Waals surface area (Å²) in [4.78, 5) is 22.4. The standard InChI is InChI=1S/C14H13N3O3/c15-10-3-1-2-9(6-10)14(20)17-12-7-11(16-8-18)4-5-13(12)19/h1-8,19H,15H2,(H,16,18)(H,17,20). The van der Waals surface area contributed by atoms with Crippen LogP contribution in [0.25, 0.3) is 0 Å². The van der Waals surface area contributed by atoms with E-state index in [4.69, 9.17) is 5.73 Å². The van der Waals surface area contributed by atoms with Crippen molar-refractivity contribution in [2.45, 2.75) is 0 Å². The maximum Gasteiger partial charge on any atom is 0.255 e. The Morgan fingerprint density at radius 1 is 1.20 bits per heavy atom. The number of nitrogen functional groups attached to an aromatic ring is 1. The number of hydrogen-bond acceptors (Lipinski definition) is 4. The van der Waals surface area contributed by atoms with Gasteiger partial charge in [-0.15, -0.1) is 0 Å². The molecule has 0 saturated heterocycles. The minimum absolute atomic E-state index is 0.0984. The molecule has 0 fully saturated rings. The van der Waals surface area contributed by atoms with Crippen molar-refractivity contribution >= 4 is 29.4 Å². The van der Waals surface area contributed by atoms with Crippen LogP contribution in [0.1, 0.15) is 10.4 Å². The highest BCUT2D eigenvalue weighted by Gasteiger charge is 2.09. The molecule has 0 saturated carbocycles. The van der Waals surface area contributed by atoms with Crippen LogP contribution >= 0.6 is 0 Å². The van der Waals surface area contributed by atoms with Gasteiger partial charge >= 0.3 is 0 Å². The molecule has 0 aromatic heterocycles. The summed E-state index contributed by atoms with van der Waals surface area (Å²) in [5.41, 5.74) is 7.11. The summed E-state index contributed by atoms with van der Waals surface area (Å²) in [5, 5.41) is 14.7. The van der Waals surface area contributed by atoms with Gasteiger partial charge in [0.2, 0.25) is 6.41 Å². The molecule has 0 unspecified atom stereocenters. The second-order valence-electron chi connectivity index (χ2n) is 4.07. The number of benzene rings is 2. The first-order valence-corrected chi connectivity index (χ1v) is 5.80. The van der Waals surface area contributed by atoms with E-state index in [-0.39, 0.29) is 11.4 Å². The molecule has 2 aromatic carbocycles. The first kappa shape index (κ1) is 13.4. The van der Waals surface area contributed by atoms with Crippen molar-refractivity contribution < 1.29 is 14.7 Å². The predicted octanol–water partition coefficient (Wildman–Crippen LogP) is 1.79. The molecule has 0 atom stereocenters. The van der Waals surface area contributed by atoms with Gasteiger partial charge in [-0.2, -0.15) is 0 Å². The SMILES string of the molecule is Nc1cccc(C(=O)Nc2cc(NC=O)ccc2O)c1. The third kappa shape index (κ3) is 3.05. The van der Waals surface area contributed by atoms with Gasteiger partial charge in [-0.1, -0.05) is 6.07 Å². The highest BCUT2D eigenvalue weighted by Crippen LogP contribution is 2.27. The van der Waals surface area contributed by atoms with E-state index in [1.54, 1.807) is 18.2 Å². The number of carbonyl (C=O) groups excluding carboxylic acids is 2. The van der Waals surface area contributed by atoms with Gasteiger partial charge in [-0.05, 0) is 36.4 Å². The zero-order valence-corrected chi connectivity index (χ0v) is 10.5. The molecule has 6 heteroatoms. The molecule has 0 aliphatic heterocycles. The summed E-state index contributed by atoms with van der Waals surface area (Å²) in [6.07, 6.45) is 0.510. The van der Waals surface area contributed by atoms with Gasteiger partial charge in [-0.25, -0.2) is 0 Å². The molecule has 102 valence electrons. The topological polar surface area (TPSA) is 104 Å². The van der Waals surface area contributed by atoms with Crippen LogP contribution in [0.5, 0.6) is 5.75 Å². The third-order valence-corrected chi connectivity index (χ3v) is 2.62. The monoisotopic (exact) mass is 271 g/mol. The van der Waals surface area contributed by atoms with E-state index in [1.807, 2.05) is 0 Å². The van der Waals surface area contributed by atoms with Crippen molar-refractivity contribution in [2.75, 3.05) is 16.4 Å². The summed E-state index contributed by atoms with van der Waals surface area (Å²) in [5.74, 6) is -0.505. The molecule has 5 N–H and O–H groups in total. The first-order chi connectivity index (χ1) is 9.60. The Kier molecular flexibility index (Phi) is 3.85. The Morgan fingerprint density at radius 2 is 2.00 bits per heavy atom. The molecular weight excluding hydrogens is 258 g/mol. The molecule has 0 heterocycles. The van der Waals surface area contributed by atoms with Crippen LogP contribution < -0.4 is 16.4 Å². The van der Waals surface area contributed by atoms with E-state index in [9.17, 15) is 14.7 Å². The Morgan fingerprint density at radius 3 is 2.70 bits per heavy atom. The molecule has 20 heavy (non-hydrogen) atoms. The fraction of sp³-hybridized carbons (Fsp3) is 0. The van der Waals surface area contributed by atoms with E-state index in [1.165, 1.54) is 24.3 Å². The van der Waals surface area contributed by atoms with E-state index in [2.05, 4.69) is 10.6 Å². The van der Waals surface area contributed by atoms with Gasteiger partial charge in [0.15, 0.2) is 0 Å². The van der Waals surface area contributed by atoms with E-state index in [0.29, 0.717) is 23.3 Å². The molecule has 2 rings (SSSR count). The smallest absolute Gasteiger partial charge is 0.255 e. The molecule has 0 aliphatic rings. The number of phenols is 1. The molecular formula is C14H13N3O3. The molecule has 0 aliphatic carbocycles. The Bertz CT molecular complexity index is 656. The number of rotatable bonds is 4. The molecule has 0 bridgehead atoms. The minimum Gasteiger partial charge on any atom is -0.506 e. The molecule has 0 radical (unpaired) electrons. The molecule has 2 aromatic rings. The zero-order valence-electron chi connectivity index (χ0n) is 10.5. The zero-order chi connectivity index (χ0) is 14.5. The van der Waals surface area contributed by atoms with Crippen LogP contribution in [0.4, 0.5) is 17.1 Å². The van der Waals surface area contributed by atoms with E-state index >= 15 is 0 Å². The van der Waals surface area contributed by atoms with Gasteiger partial charge < -0.3 is 21.5 Å². The van der Waals surface area contributed by atoms with Gasteiger partial charge in [0.1, 0.15) is 5.75 Å². The van der Waals surface area contributed by atoms with Crippen LogP contribution in [-0.4, -0.2) is 17.4 Å². The fourth-order valence-corrected chi connectivity index (χ4v) is 1.67. The van der Waals surface area contributed by atoms with Gasteiger partial charge in [-0.3, -0.25) is 9.59 Å². The van der Waals surface area contributed by atoms with Crippen LogP contribution in [0.15, 0.2) is 42.5 Å². The Hall–Kier alpha value is -3.02. The number of anilines is 3. The van der Waals surface area contributed by atoms with Crippen molar-refractivity contribution in [3.63, 3.8) is 0 Å². The van der Waals surface area contributed by atoms with Crippen molar-refractivity contribution in [2.24, 2.45) is 0 Å². The number of nitrogens with two attached hydrogens (primary N) is 1. The van der Waals surface area contributed by atoms with E-state index in [0.717, 1.165) is 0 Å². The number of amides is 2. The van der Waals surface area contributed by atoms with Crippen LogP contribution in [0.3, 0.4) is 0 Å². The average molecular weight is 271 g/mol. The average Bonchev–Trinajstić information content (AvgIpc) is 2.43. The lowest BCUT2D eigenvalue weighted by molar-refractivity contribution is -0.105. The predicted molar refractivity (Wildman–Crippen MR) is 76.6 cm³/mol. The molecule has 2 amide bonds. The maximum atomic E-state index is 12.0. The lowest BCUT2D eigenvalue weighted by Gasteiger charge is -2.09. The molecule has 6 nitrogen and oxygen atoms in total. The number of carbonyl (C=O) groups is 2. The number of aromatic hydroxyl groups is 1. The highest BCUT2D eigenvalue weighted by molar-refractivity contribution is 6.05. The van der Waals surface area contributed by atoms with Crippen molar-refractivity contribution in [3.05, 3.63) is 48.0 Å². The fourth-order valence-electron chi connectivity index (χ4n) is 1.67. The molecule has 0 spiro atoms. The Labute approximate surface area is 115 Å². The van der Waals surface area contributed by atoms with Crippen LogP contribution in [0.2, 0.25) is 0 Å². The summed E-state index contributed by atoms with van der Waals surface area (Å²) < 4.78 is 0. The van der Waals surface area contributed by atoms with Crippen LogP contribution in [0, 0.1) is 0 Å². The normalized spacial score (nSPS) is 9.80. The largest absolute Gasteiger partial charge is 0.506 e. The second-order valence-corrected chi connectivity index (χ2v) is 4.07. The lowest BCUT2D eigenvalue weighted by atomic mass is 10.2. The maximum absolute atomic E-state index is 12.0. The van der Waals surface area contributed by atoms with Gasteiger partial charge in [0.05, 0.1) is 5.69 Å². The number of nitrogens with one attached hydrogen (secondary N) is 2. The summed E-state index contributed by atoms with van der Waals surface area (Å²) in [6.45, 7) is 0. The van der Waals surface area contributed by atoms with Crippen molar-refractivity contribution in [3.8, 4) is 5.75 Å². The lowest BCUT2D eigenvalue weighted by Crippen LogP contribution is -2.12. The van der Waals surface area contributed by atoms with Crippen LogP contribution in [-0.2, 0) is 4.79 Å². The first-order valence-electron chi connectivity index (χ1n) is 5.80. The van der Waals surface area contributed by atoms with Crippen molar-refractivity contribution in [1.29, 1.82) is 0 Å². The second kappa shape index (κ2) is 5.75. The van der Waals surface area contributed by atoms with Gasteiger partial charge in [0, 0.05) is 16.9 Å². The van der Waals surface area contributed by atoms with Gasteiger partial charge in [0.25, 0.3) is 5.91 Å². The summed E-state index contributed by atoms with van der Waals surface area (Å²) in [7, 11) is 0. The Balaban J connectivity index is 2.23. The summed E-state index contributed by atoms with van der Waals surface area (Å²) >= 11 is 0. The van der Waals surface area contributed by atoms with Crippen molar-refractivity contribution in [1.82, 2.24) is 0 Å². The summed E-state index contributed by atoms with van der Waals surface area (Å²) in [6, 6.07) is 10.8. The van der Waals surface area contributed by atoms with E-state index < -0.39 is 5.91 Å². The third-order valence-electron chi connectivity index (χ3n) is 2.62.